The molecule has 2 aromatic rings. The highest BCUT2D eigenvalue weighted by atomic mass is 35.5. The lowest BCUT2D eigenvalue weighted by atomic mass is 10.1. The van der Waals surface area contributed by atoms with E-state index in [1.54, 1.807) is 24.3 Å². The van der Waals surface area contributed by atoms with Crippen molar-refractivity contribution in [3.05, 3.63) is 70.7 Å². The number of rotatable bonds is 5. The van der Waals surface area contributed by atoms with Gasteiger partial charge < -0.3 is 10.5 Å². The van der Waals surface area contributed by atoms with E-state index in [9.17, 15) is 9.59 Å². The highest BCUT2D eigenvalue weighted by molar-refractivity contribution is 6.30. The summed E-state index contributed by atoms with van der Waals surface area (Å²) in [5.74, 6) is -0.585. The Morgan fingerprint density at radius 1 is 1.04 bits per heavy atom. The molecule has 0 fully saturated rings. The molecule has 23 heavy (non-hydrogen) atoms. The third kappa shape index (κ3) is 5.73. The second-order valence-corrected chi connectivity index (χ2v) is 5.42. The Labute approximate surface area is 139 Å². The van der Waals surface area contributed by atoms with Gasteiger partial charge >= 0.3 is 6.09 Å². The van der Waals surface area contributed by atoms with Gasteiger partial charge in [-0.3, -0.25) is 10.1 Å². The first kappa shape index (κ1) is 17.0. The number of nitrogens with one attached hydrogen (secondary N) is 1. The molecule has 0 aliphatic rings. The first-order valence-corrected chi connectivity index (χ1v) is 7.44. The van der Waals surface area contributed by atoms with E-state index in [4.69, 9.17) is 22.1 Å². The van der Waals surface area contributed by atoms with E-state index >= 15 is 0 Å². The molecule has 0 unspecified atom stereocenters. The van der Waals surface area contributed by atoms with E-state index in [-0.39, 0.29) is 6.61 Å². The zero-order chi connectivity index (χ0) is 16.7. The molecule has 0 bridgehead atoms. The molecule has 0 saturated carbocycles. The van der Waals surface area contributed by atoms with Crippen LogP contribution in [-0.4, -0.2) is 18.0 Å². The predicted octanol–water partition coefficient (Wildman–Crippen LogP) is 2.66. The van der Waals surface area contributed by atoms with Crippen molar-refractivity contribution in [2.45, 2.75) is 19.1 Å². The molecule has 0 heterocycles. The van der Waals surface area contributed by atoms with Gasteiger partial charge in [-0.15, -0.1) is 0 Å². The Balaban J connectivity index is 1.78. The Hall–Kier alpha value is -2.37. The highest BCUT2D eigenvalue weighted by Gasteiger charge is 2.17. The lowest BCUT2D eigenvalue weighted by Crippen LogP contribution is -2.44. The summed E-state index contributed by atoms with van der Waals surface area (Å²) in [5, 5.41) is 2.74. The van der Waals surface area contributed by atoms with Crippen molar-refractivity contribution in [3.63, 3.8) is 0 Å². The molecule has 0 saturated heterocycles. The number of benzene rings is 2. The fraction of sp³-hybridized carbons (Fsp3) is 0.176. The van der Waals surface area contributed by atoms with Crippen molar-refractivity contribution in [3.8, 4) is 0 Å². The zero-order valence-electron chi connectivity index (χ0n) is 12.4. The number of carbonyl (C=O) groups excluding carboxylic acids is 2. The average Bonchev–Trinajstić information content (AvgIpc) is 2.56. The van der Waals surface area contributed by atoms with E-state index in [1.807, 2.05) is 30.3 Å². The van der Waals surface area contributed by atoms with Crippen LogP contribution in [0.4, 0.5) is 4.79 Å². The summed E-state index contributed by atoms with van der Waals surface area (Å²) in [7, 11) is 0. The highest BCUT2D eigenvalue weighted by Crippen LogP contribution is 2.10. The van der Waals surface area contributed by atoms with Gasteiger partial charge in [-0.2, -0.15) is 0 Å². The van der Waals surface area contributed by atoms with Gasteiger partial charge in [0.2, 0.25) is 5.91 Å². The molecule has 0 aromatic heterocycles. The molecule has 0 spiro atoms. The van der Waals surface area contributed by atoms with Crippen molar-refractivity contribution >= 4 is 23.6 Å². The van der Waals surface area contributed by atoms with Crippen LogP contribution >= 0.6 is 11.6 Å². The summed E-state index contributed by atoms with van der Waals surface area (Å²) in [6, 6.07) is 15.3. The van der Waals surface area contributed by atoms with Gasteiger partial charge in [0.05, 0.1) is 6.04 Å². The van der Waals surface area contributed by atoms with Crippen LogP contribution in [0.1, 0.15) is 11.1 Å². The Morgan fingerprint density at radius 2 is 1.70 bits per heavy atom. The first-order chi connectivity index (χ1) is 11.0. The number of alkyl carbamates (subject to hydrolysis) is 1. The van der Waals surface area contributed by atoms with Gasteiger partial charge in [-0.05, 0) is 29.7 Å². The topological polar surface area (TPSA) is 81.4 Å². The van der Waals surface area contributed by atoms with Crippen molar-refractivity contribution < 1.29 is 14.3 Å². The molecule has 5 nitrogen and oxygen atoms in total. The van der Waals surface area contributed by atoms with Gasteiger partial charge in [0.15, 0.2) is 0 Å². The number of halogens is 1. The van der Waals surface area contributed by atoms with Gasteiger partial charge in [0.1, 0.15) is 6.61 Å². The molecule has 2 aromatic carbocycles. The maximum absolute atomic E-state index is 11.9. The van der Waals surface area contributed by atoms with E-state index in [0.29, 0.717) is 11.4 Å². The normalized spacial score (nSPS) is 11.6. The molecule has 2 amide bonds. The fourth-order valence-electron chi connectivity index (χ4n) is 1.92. The van der Waals surface area contributed by atoms with Crippen LogP contribution < -0.4 is 11.1 Å². The lowest BCUT2D eigenvalue weighted by Gasteiger charge is -2.12. The number of carbonyl (C=O) groups is 2. The van der Waals surface area contributed by atoms with Gasteiger partial charge in [-0.25, -0.2) is 4.79 Å². The third-order valence-electron chi connectivity index (χ3n) is 3.14. The van der Waals surface area contributed by atoms with Crippen LogP contribution in [0.15, 0.2) is 54.6 Å². The standard InChI is InChI=1S/C17H17ClN2O3/c18-14-8-6-12(7-9-14)10-15(19)16(21)20-17(22)23-11-13-4-2-1-3-5-13/h1-9,15H,10-11,19H2,(H,20,21,22)/t15-/m0/s1. The Kier molecular flexibility index (Phi) is 6.14. The number of nitrogens with two attached hydrogens (primary N) is 1. The van der Waals surface area contributed by atoms with Crippen LogP contribution in [-0.2, 0) is 22.6 Å². The zero-order valence-corrected chi connectivity index (χ0v) is 13.1. The minimum absolute atomic E-state index is 0.0897. The molecule has 120 valence electrons. The monoisotopic (exact) mass is 332 g/mol. The third-order valence-corrected chi connectivity index (χ3v) is 3.40. The summed E-state index contributed by atoms with van der Waals surface area (Å²) >= 11 is 5.79. The van der Waals surface area contributed by atoms with E-state index in [2.05, 4.69) is 5.32 Å². The van der Waals surface area contributed by atoms with Crippen molar-refractivity contribution in [2.75, 3.05) is 0 Å². The minimum atomic E-state index is -0.847. The summed E-state index contributed by atoms with van der Waals surface area (Å²) < 4.78 is 4.97. The fourth-order valence-corrected chi connectivity index (χ4v) is 2.05. The van der Waals surface area contributed by atoms with Crippen LogP contribution in [0.25, 0.3) is 0 Å². The van der Waals surface area contributed by atoms with Crippen LogP contribution in [0.5, 0.6) is 0 Å². The quantitative estimate of drug-likeness (QED) is 0.882. The Morgan fingerprint density at radius 3 is 2.35 bits per heavy atom. The molecule has 0 radical (unpaired) electrons. The van der Waals surface area contributed by atoms with E-state index in [1.165, 1.54) is 0 Å². The summed E-state index contributed by atoms with van der Waals surface area (Å²) in [6.07, 6.45) is -0.514. The summed E-state index contributed by atoms with van der Waals surface area (Å²) in [6.45, 7) is 0.0897. The van der Waals surface area contributed by atoms with Crippen LogP contribution in [0.2, 0.25) is 5.02 Å². The largest absolute Gasteiger partial charge is 0.444 e. The molecule has 6 heteroatoms. The number of amides is 2. The van der Waals surface area contributed by atoms with Gasteiger partial charge in [0, 0.05) is 5.02 Å². The van der Waals surface area contributed by atoms with Crippen molar-refractivity contribution in [1.29, 1.82) is 0 Å². The minimum Gasteiger partial charge on any atom is -0.444 e. The molecule has 0 aliphatic carbocycles. The number of ether oxygens (including phenoxy) is 1. The SMILES string of the molecule is N[C@@H](Cc1ccc(Cl)cc1)C(=O)NC(=O)OCc1ccccc1. The van der Waals surface area contributed by atoms with Crippen molar-refractivity contribution in [2.24, 2.45) is 5.73 Å². The summed E-state index contributed by atoms with van der Waals surface area (Å²) in [4.78, 5) is 23.5. The molecular weight excluding hydrogens is 316 g/mol. The average molecular weight is 333 g/mol. The lowest BCUT2D eigenvalue weighted by molar-refractivity contribution is -0.121. The summed E-state index contributed by atoms with van der Waals surface area (Å²) in [5.41, 5.74) is 7.48. The van der Waals surface area contributed by atoms with Gasteiger partial charge in [0.25, 0.3) is 0 Å². The molecule has 1 atom stereocenters. The smallest absolute Gasteiger partial charge is 0.414 e. The number of hydrogen-bond acceptors (Lipinski definition) is 4. The molecule has 2 rings (SSSR count). The second kappa shape index (κ2) is 8.31. The number of hydrogen-bond donors (Lipinski definition) is 2. The number of imide groups is 1. The van der Waals surface area contributed by atoms with E-state index in [0.717, 1.165) is 11.1 Å². The first-order valence-electron chi connectivity index (χ1n) is 7.06. The Bertz CT molecular complexity index is 659. The van der Waals surface area contributed by atoms with Crippen LogP contribution in [0.3, 0.4) is 0 Å². The molecule has 0 aliphatic heterocycles. The maximum atomic E-state index is 11.9. The van der Waals surface area contributed by atoms with Crippen LogP contribution in [0, 0.1) is 0 Å². The molecule has 3 N–H and O–H groups in total. The van der Waals surface area contributed by atoms with Gasteiger partial charge in [-0.1, -0.05) is 54.1 Å². The maximum Gasteiger partial charge on any atom is 0.414 e. The molecular formula is C17H17ClN2O3. The van der Waals surface area contributed by atoms with Crippen molar-refractivity contribution in [1.82, 2.24) is 5.32 Å². The predicted molar refractivity (Wildman–Crippen MR) is 87.9 cm³/mol. The van der Waals surface area contributed by atoms with E-state index < -0.39 is 18.0 Å². The second-order valence-electron chi connectivity index (χ2n) is 4.99.